The number of anilines is 1. The monoisotopic (exact) mass is 447 g/mol. The Morgan fingerprint density at radius 2 is 1.53 bits per heavy atom. The highest BCUT2D eigenvalue weighted by Crippen LogP contribution is 2.24. The normalized spacial score (nSPS) is 13.8. The molecule has 3 aromatic rings. The van der Waals surface area contributed by atoms with Crippen LogP contribution in [0.2, 0.25) is 5.02 Å². The molecule has 2 heterocycles. The minimum atomic E-state index is 0.0648. The molecule has 0 spiro atoms. The molecule has 2 aromatic carbocycles. The smallest absolute Gasteiger partial charge is 0.324 e. The number of carbonyl (C=O) groups excluding carboxylic acids is 1. The van der Waals surface area contributed by atoms with Crippen molar-refractivity contribution in [1.82, 2.24) is 9.88 Å². The number of rotatable bonds is 9. The van der Waals surface area contributed by atoms with E-state index in [1.807, 2.05) is 53.4 Å². The molecule has 1 saturated heterocycles. The van der Waals surface area contributed by atoms with Crippen LogP contribution in [0.25, 0.3) is 11.1 Å². The van der Waals surface area contributed by atoms with Crippen molar-refractivity contribution in [2.45, 2.75) is 12.8 Å². The summed E-state index contributed by atoms with van der Waals surface area (Å²) >= 11 is 5.95. The molecule has 2 amide bonds. The van der Waals surface area contributed by atoms with Crippen molar-refractivity contribution in [1.29, 1.82) is 0 Å². The molecular formula is C26H26ClN3O2. The van der Waals surface area contributed by atoms with Gasteiger partial charge in [-0.2, -0.15) is 0 Å². The molecular weight excluding hydrogens is 422 g/mol. The number of pyridine rings is 1. The highest BCUT2D eigenvalue weighted by Gasteiger charge is 2.28. The standard InChI is InChI=1S/C26H26ClN3O2/c27-23-9-5-21(6-10-23)22-7-11-25(12-8-22)32-20-4-2-1-3-17-29-18-19-30(26(29)31)24-13-15-28-16-14-24/h1-2,5-16H,3-4,17-20H2/b2-1+. The maximum absolute atomic E-state index is 12.5. The van der Waals surface area contributed by atoms with Crippen molar-refractivity contribution in [3.63, 3.8) is 0 Å². The van der Waals surface area contributed by atoms with Crippen molar-refractivity contribution >= 4 is 23.3 Å². The lowest BCUT2D eigenvalue weighted by Crippen LogP contribution is -2.32. The number of amides is 2. The number of hydrogen-bond acceptors (Lipinski definition) is 3. The van der Waals surface area contributed by atoms with E-state index in [4.69, 9.17) is 16.3 Å². The van der Waals surface area contributed by atoms with Crippen LogP contribution in [0.15, 0.2) is 85.2 Å². The molecule has 4 rings (SSSR count). The second kappa shape index (κ2) is 10.8. The van der Waals surface area contributed by atoms with Gasteiger partial charge in [-0.3, -0.25) is 9.88 Å². The summed E-state index contributed by atoms with van der Waals surface area (Å²) in [6.45, 7) is 2.82. The number of hydrogen-bond donors (Lipinski definition) is 0. The number of carbonyl (C=O) groups is 1. The third kappa shape index (κ3) is 5.68. The van der Waals surface area contributed by atoms with E-state index in [0.717, 1.165) is 60.1 Å². The first-order chi connectivity index (χ1) is 15.7. The van der Waals surface area contributed by atoms with Gasteiger partial charge in [-0.1, -0.05) is 48.0 Å². The minimum absolute atomic E-state index is 0.0648. The van der Waals surface area contributed by atoms with Crippen molar-refractivity contribution in [3.8, 4) is 16.9 Å². The maximum atomic E-state index is 12.5. The van der Waals surface area contributed by atoms with E-state index in [0.29, 0.717) is 6.61 Å². The van der Waals surface area contributed by atoms with Crippen LogP contribution in [0, 0.1) is 0 Å². The third-order valence-corrected chi connectivity index (χ3v) is 5.64. The number of ether oxygens (including phenoxy) is 1. The Kier molecular flexibility index (Phi) is 7.41. The van der Waals surface area contributed by atoms with Gasteiger partial charge in [-0.15, -0.1) is 0 Å². The highest BCUT2D eigenvalue weighted by molar-refractivity contribution is 6.30. The van der Waals surface area contributed by atoms with Gasteiger partial charge in [-0.25, -0.2) is 4.79 Å². The molecule has 0 unspecified atom stereocenters. The van der Waals surface area contributed by atoms with Crippen LogP contribution in [0.4, 0.5) is 10.5 Å². The zero-order valence-corrected chi connectivity index (χ0v) is 18.6. The molecule has 0 bridgehead atoms. The molecule has 1 aromatic heterocycles. The molecule has 1 aliphatic rings. The number of benzene rings is 2. The van der Waals surface area contributed by atoms with Gasteiger partial charge in [0.15, 0.2) is 0 Å². The maximum Gasteiger partial charge on any atom is 0.324 e. The van der Waals surface area contributed by atoms with Crippen LogP contribution in [-0.4, -0.2) is 42.2 Å². The van der Waals surface area contributed by atoms with Gasteiger partial charge in [0.05, 0.1) is 6.61 Å². The Morgan fingerprint density at radius 1 is 0.875 bits per heavy atom. The van der Waals surface area contributed by atoms with E-state index >= 15 is 0 Å². The highest BCUT2D eigenvalue weighted by atomic mass is 35.5. The Labute approximate surface area is 193 Å². The van der Waals surface area contributed by atoms with E-state index in [2.05, 4.69) is 29.3 Å². The zero-order chi connectivity index (χ0) is 22.2. The fraction of sp³-hybridized carbons (Fsp3) is 0.231. The van der Waals surface area contributed by atoms with Gasteiger partial charge < -0.3 is 9.64 Å². The second-order valence-electron chi connectivity index (χ2n) is 7.56. The predicted molar refractivity (Wildman–Crippen MR) is 129 cm³/mol. The summed E-state index contributed by atoms with van der Waals surface area (Å²) in [4.78, 5) is 20.2. The number of urea groups is 1. The summed E-state index contributed by atoms with van der Waals surface area (Å²) in [6.07, 6.45) is 9.33. The predicted octanol–water partition coefficient (Wildman–Crippen LogP) is 6.06. The average Bonchev–Trinajstić information content (AvgIpc) is 3.20. The summed E-state index contributed by atoms with van der Waals surface area (Å²) in [5.41, 5.74) is 3.17. The van der Waals surface area contributed by atoms with Gasteiger partial charge in [0.1, 0.15) is 5.75 Å². The van der Waals surface area contributed by atoms with E-state index in [1.54, 1.807) is 17.3 Å². The number of halogens is 1. The van der Waals surface area contributed by atoms with Crippen molar-refractivity contribution < 1.29 is 9.53 Å². The largest absolute Gasteiger partial charge is 0.493 e. The first-order valence-corrected chi connectivity index (χ1v) is 11.2. The molecule has 1 fully saturated rings. The van der Waals surface area contributed by atoms with Crippen LogP contribution < -0.4 is 9.64 Å². The fourth-order valence-electron chi connectivity index (χ4n) is 3.65. The van der Waals surface area contributed by atoms with Crippen molar-refractivity contribution in [2.75, 3.05) is 31.1 Å². The Morgan fingerprint density at radius 3 is 2.25 bits per heavy atom. The van der Waals surface area contributed by atoms with Gasteiger partial charge >= 0.3 is 6.03 Å². The molecule has 0 atom stereocenters. The van der Waals surface area contributed by atoms with Gasteiger partial charge in [0, 0.05) is 42.7 Å². The molecule has 1 aliphatic heterocycles. The molecule has 164 valence electrons. The van der Waals surface area contributed by atoms with Gasteiger partial charge in [-0.05, 0) is 60.4 Å². The molecule has 0 radical (unpaired) electrons. The average molecular weight is 448 g/mol. The SMILES string of the molecule is O=C1N(CC/C=C/CCOc2ccc(-c3ccc(Cl)cc3)cc2)CCN1c1ccncc1. The summed E-state index contributed by atoms with van der Waals surface area (Å²) in [5.74, 6) is 0.856. The lowest BCUT2D eigenvalue weighted by Gasteiger charge is -2.17. The van der Waals surface area contributed by atoms with E-state index < -0.39 is 0 Å². The number of nitrogens with zero attached hydrogens (tertiary/aromatic N) is 3. The molecule has 0 aliphatic carbocycles. The quantitative estimate of drug-likeness (QED) is 0.296. The zero-order valence-electron chi connectivity index (χ0n) is 17.9. The minimum Gasteiger partial charge on any atom is -0.493 e. The van der Waals surface area contributed by atoms with Crippen molar-refractivity contribution in [2.24, 2.45) is 0 Å². The molecule has 0 saturated carbocycles. The van der Waals surface area contributed by atoms with Crippen molar-refractivity contribution in [3.05, 3.63) is 90.2 Å². The molecule has 0 N–H and O–H groups in total. The topological polar surface area (TPSA) is 45.7 Å². The molecule has 5 nitrogen and oxygen atoms in total. The van der Waals surface area contributed by atoms with E-state index in [9.17, 15) is 4.79 Å². The van der Waals surface area contributed by atoms with Crippen LogP contribution in [-0.2, 0) is 0 Å². The van der Waals surface area contributed by atoms with Gasteiger partial charge in [0.25, 0.3) is 0 Å². The summed E-state index contributed by atoms with van der Waals surface area (Å²) in [6, 6.07) is 19.7. The lowest BCUT2D eigenvalue weighted by molar-refractivity contribution is 0.221. The summed E-state index contributed by atoms with van der Waals surface area (Å²) in [5, 5.41) is 0.737. The Hall–Kier alpha value is -3.31. The fourth-order valence-corrected chi connectivity index (χ4v) is 3.78. The van der Waals surface area contributed by atoms with Crippen LogP contribution in [0.5, 0.6) is 5.75 Å². The first kappa shape index (κ1) is 21.9. The lowest BCUT2D eigenvalue weighted by atomic mass is 10.1. The van der Waals surface area contributed by atoms with E-state index in [-0.39, 0.29) is 6.03 Å². The van der Waals surface area contributed by atoms with E-state index in [1.165, 1.54) is 0 Å². The second-order valence-corrected chi connectivity index (χ2v) is 7.99. The Balaban J connectivity index is 1.15. The van der Waals surface area contributed by atoms with Gasteiger partial charge in [0.2, 0.25) is 0 Å². The van der Waals surface area contributed by atoms with Crippen LogP contribution in [0.3, 0.4) is 0 Å². The van der Waals surface area contributed by atoms with Crippen LogP contribution in [0.1, 0.15) is 12.8 Å². The molecule has 32 heavy (non-hydrogen) atoms. The molecule has 6 heteroatoms. The third-order valence-electron chi connectivity index (χ3n) is 5.39. The van der Waals surface area contributed by atoms with Crippen LogP contribution >= 0.6 is 11.6 Å². The number of aromatic nitrogens is 1. The Bertz CT molecular complexity index is 1040. The first-order valence-electron chi connectivity index (χ1n) is 10.8. The summed E-state index contributed by atoms with van der Waals surface area (Å²) in [7, 11) is 0. The summed E-state index contributed by atoms with van der Waals surface area (Å²) < 4.78 is 5.83.